The van der Waals surface area contributed by atoms with Crippen LogP contribution in [0.15, 0.2) is 77.7 Å². The Labute approximate surface area is 200 Å². The summed E-state index contributed by atoms with van der Waals surface area (Å²) in [6.45, 7) is 3.19. The largest absolute Gasteiger partial charge is 0.326 e. The number of benzene rings is 3. The van der Waals surface area contributed by atoms with Gasteiger partial charge in [-0.2, -0.15) is 0 Å². The second-order valence-corrected chi connectivity index (χ2v) is 8.71. The number of carbonyl (C=O) groups is 3. The maximum Gasteiger partial charge on any atom is 0.269 e. The second kappa shape index (κ2) is 11.1. The number of nitrogens with zero attached hydrogens (tertiary/aromatic N) is 1. The lowest BCUT2D eigenvalue weighted by Gasteiger charge is -2.13. The van der Waals surface area contributed by atoms with Crippen LogP contribution in [0, 0.1) is 10.1 Å². The number of hydrogen-bond donors (Lipinski definition) is 3. The number of nitro benzene ring substituents is 1. The summed E-state index contributed by atoms with van der Waals surface area (Å²) in [5.41, 5.74) is 1.98. The van der Waals surface area contributed by atoms with E-state index in [0.29, 0.717) is 22.6 Å². The Bertz CT molecular complexity index is 1210. The molecule has 0 saturated heterocycles. The Hall–Kier alpha value is -4.18. The van der Waals surface area contributed by atoms with Crippen molar-refractivity contribution in [3.8, 4) is 0 Å². The number of rotatable bonds is 8. The molecule has 0 aliphatic rings. The fraction of sp³-hybridized carbons (Fsp3) is 0.125. The van der Waals surface area contributed by atoms with E-state index in [2.05, 4.69) is 16.0 Å². The number of nitrogens with one attached hydrogen (secondary N) is 3. The third kappa shape index (κ3) is 6.91. The van der Waals surface area contributed by atoms with Crippen LogP contribution in [0.1, 0.15) is 24.2 Å². The molecule has 0 aromatic heterocycles. The lowest BCUT2D eigenvalue weighted by atomic mass is 10.2. The molecular weight excluding hydrogens is 456 g/mol. The standard InChI is InChI=1S/C24H22N4O5S/c1-15(23(30)26-19-10-8-18(9-11-19)25-16(2)29)34-22-5-3-4-20(14-22)27-24(31)17-6-12-21(13-7-17)28(32)33/h3-15H,1-2H3,(H,25,29)(H,26,30)(H,27,31). The summed E-state index contributed by atoms with van der Waals surface area (Å²) in [6.07, 6.45) is 0. The summed E-state index contributed by atoms with van der Waals surface area (Å²) in [5, 5.41) is 18.6. The number of hydrogen-bond acceptors (Lipinski definition) is 6. The maximum atomic E-state index is 12.6. The number of thioether (sulfide) groups is 1. The van der Waals surface area contributed by atoms with E-state index in [1.807, 2.05) is 6.07 Å². The minimum absolute atomic E-state index is 0.0918. The number of non-ortho nitro benzene ring substituents is 1. The van der Waals surface area contributed by atoms with E-state index in [4.69, 9.17) is 0 Å². The number of amides is 3. The fourth-order valence-corrected chi connectivity index (χ4v) is 3.85. The van der Waals surface area contributed by atoms with Gasteiger partial charge in [-0.3, -0.25) is 24.5 Å². The van der Waals surface area contributed by atoms with Gasteiger partial charge < -0.3 is 16.0 Å². The molecule has 174 valence electrons. The van der Waals surface area contributed by atoms with Gasteiger partial charge in [0.15, 0.2) is 0 Å². The molecule has 34 heavy (non-hydrogen) atoms. The Balaban J connectivity index is 1.58. The van der Waals surface area contributed by atoms with Crippen molar-refractivity contribution in [2.24, 2.45) is 0 Å². The van der Waals surface area contributed by atoms with Gasteiger partial charge in [-0.05, 0) is 61.5 Å². The molecule has 0 spiro atoms. The lowest BCUT2D eigenvalue weighted by Crippen LogP contribution is -2.22. The van der Waals surface area contributed by atoms with Crippen molar-refractivity contribution in [2.45, 2.75) is 24.0 Å². The normalized spacial score (nSPS) is 11.2. The molecule has 0 aliphatic carbocycles. The average molecular weight is 479 g/mol. The highest BCUT2D eigenvalue weighted by Crippen LogP contribution is 2.27. The van der Waals surface area contributed by atoms with Crippen molar-refractivity contribution < 1.29 is 19.3 Å². The molecule has 3 amide bonds. The molecule has 3 rings (SSSR count). The molecule has 10 heteroatoms. The average Bonchev–Trinajstić information content (AvgIpc) is 2.80. The van der Waals surface area contributed by atoms with E-state index >= 15 is 0 Å². The second-order valence-electron chi connectivity index (χ2n) is 7.29. The Kier molecular flexibility index (Phi) is 7.99. The first-order chi connectivity index (χ1) is 16.2. The zero-order valence-electron chi connectivity index (χ0n) is 18.4. The van der Waals surface area contributed by atoms with Crippen molar-refractivity contribution in [1.82, 2.24) is 0 Å². The van der Waals surface area contributed by atoms with Gasteiger partial charge in [-0.1, -0.05) is 6.07 Å². The summed E-state index contributed by atoms with van der Waals surface area (Å²) in [7, 11) is 0. The molecule has 0 saturated carbocycles. The van der Waals surface area contributed by atoms with Crippen molar-refractivity contribution >= 4 is 52.2 Å². The molecule has 1 atom stereocenters. The Morgan fingerprint density at radius 3 is 2.06 bits per heavy atom. The Morgan fingerprint density at radius 1 is 0.853 bits per heavy atom. The van der Waals surface area contributed by atoms with Crippen molar-refractivity contribution in [1.29, 1.82) is 0 Å². The molecule has 1 unspecified atom stereocenters. The highest BCUT2D eigenvalue weighted by atomic mass is 32.2. The van der Waals surface area contributed by atoms with E-state index in [-0.39, 0.29) is 17.5 Å². The molecular formula is C24H22N4O5S. The van der Waals surface area contributed by atoms with Crippen LogP contribution in [-0.4, -0.2) is 27.9 Å². The predicted octanol–water partition coefficient (Wildman–Crippen LogP) is 4.92. The first kappa shape index (κ1) is 24.5. The van der Waals surface area contributed by atoms with Gasteiger partial charge in [0.2, 0.25) is 11.8 Å². The predicted molar refractivity (Wildman–Crippen MR) is 132 cm³/mol. The topological polar surface area (TPSA) is 130 Å². The summed E-state index contributed by atoms with van der Waals surface area (Å²) < 4.78 is 0. The quantitative estimate of drug-likeness (QED) is 0.239. The maximum absolute atomic E-state index is 12.6. The zero-order chi connectivity index (χ0) is 24.7. The molecule has 0 aliphatic heterocycles. The monoisotopic (exact) mass is 478 g/mol. The van der Waals surface area contributed by atoms with Crippen LogP contribution >= 0.6 is 11.8 Å². The highest BCUT2D eigenvalue weighted by molar-refractivity contribution is 8.00. The van der Waals surface area contributed by atoms with Gasteiger partial charge in [0, 0.05) is 46.6 Å². The number of nitro groups is 1. The summed E-state index contributed by atoms with van der Waals surface area (Å²) in [5.74, 6) is -0.767. The van der Waals surface area contributed by atoms with E-state index in [1.54, 1.807) is 49.4 Å². The van der Waals surface area contributed by atoms with E-state index in [0.717, 1.165) is 4.90 Å². The molecule has 0 heterocycles. The minimum Gasteiger partial charge on any atom is -0.326 e. The van der Waals surface area contributed by atoms with Crippen LogP contribution in [0.4, 0.5) is 22.7 Å². The summed E-state index contributed by atoms with van der Waals surface area (Å²) >= 11 is 1.33. The van der Waals surface area contributed by atoms with Crippen LogP contribution in [0.5, 0.6) is 0 Å². The van der Waals surface area contributed by atoms with E-state index < -0.39 is 16.1 Å². The molecule has 0 radical (unpaired) electrons. The molecule has 3 aromatic carbocycles. The first-order valence-electron chi connectivity index (χ1n) is 10.2. The highest BCUT2D eigenvalue weighted by Gasteiger charge is 2.16. The van der Waals surface area contributed by atoms with Gasteiger partial charge in [0.05, 0.1) is 10.2 Å². The lowest BCUT2D eigenvalue weighted by molar-refractivity contribution is -0.384. The van der Waals surface area contributed by atoms with Crippen LogP contribution < -0.4 is 16.0 Å². The molecule has 9 nitrogen and oxygen atoms in total. The fourth-order valence-electron chi connectivity index (χ4n) is 2.93. The van der Waals surface area contributed by atoms with Crippen LogP contribution in [0.2, 0.25) is 0 Å². The third-order valence-corrected chi connectivity index (χ3v) is 5.68. The molecule has 3 N–H and O–H groups in total. The molecule has 0 fully saturated rings. The van der Waals surface area contributed by atoms with Crippen molar-refractivity contribution in [2.75, 3.05) is 16.0 Å². The van der Waals surface area contributed by atoms with Gasteiger partial charge in [-0.25, -0.2) is 0 Å². The minimum atomic E-state index is -0.527. The number of carbonyl (C=O) groups excluding carboxylic acids is 3. The third-order valence-electron chi connectivity index (χ3n) is 4.59. The molecule has 3 aromatic rings. The van der Waals surface area contributed by atoms with Crippen molar-refractivity contribution in [3.05, 3.63) is 88.5 Å². The SMILES string of the molecule is CC(=O)Nc1ccc(NC(=O)C(C)Sc2cccc(NC(=O)c3ccc([N+](=O)[O-])cc3)c2)cc1. The van der Waals surface area contributed by atoms with Crippen molar-refractivity contribution in [3.63, 3.8) is 0 Å². The van der Waals surface area contributed by atoms with E-state index in [1.165, 1.54) is 43.0 Å². The Morgan fingerprint density at radius 2 is 1.47 bits per heavy atom. The number of anilines is 3. The van der Waals surface area contributed by atoms with E-state index in [9.17, 15) is 24.5 Å². The van der Waals surface area contributed by atoms with Gasteiger partial charge in [0.1, 0.15) is 0 Å². The smallest absolute Gasteiger partial charge is 0.269 e. The first-order valence-corrected chi connectivity index (χ1v) is 11.1. The van der Waals surface area contributed by atoms with Crippen LogP contribution in [-0.2, 0) is 9.59 Å². The van der Waals surface area contributed by atoms with Gasteiger partial charge in [0.25, 0.3) is 11.6 Å². The summed E-state index contributed by atoms with van der Waals surface area (Å²) in [4.78, 5) is 47.1. The molecule has 0 bridgehead atoms. The van der Waals surface area contributed by atoms with Crippen LogP contribution in [0.3, 0.4) is 0 Å². The van der Waals surface area contributed by atoms with Crippen LogP contribution in [0.25, 0.3) is 0 Å². The van der Waals surface area contributed by atoms with Gasteiger partial charge in [-0.15, -0.1) is 11.8 Å². The summed E-state index contributed by atoms with van der Waals surface area (Å²) in [6, 6.07) is 19.2. The zero-order valence-corrected chi connectivity index (χ0v) is 19.2. The van der Waals surface area contributed by atoms with Gasteiger partial charge >= 0.3 is 0 Å².